The van der Waals surface area contributed by atoms with Crippen LogP contribution < -0.4 is 10.9 Å². The van der Waals surface area contributed by atoms with Crippen molar-refractivity contribution >= 4 is 28.7 Å². The molecule has 0 radical (unpaired) electrons. The molecular weight excluding hydrogens is 699 g/mol. The molecule has 4 aromatic rings. The summed E-state index contributed by atoms with van der Waals surface area (Å²) in [7, 11) is 0. The monoisotopic (exact) mass is 749 g/mol. The Labute approximate surface area is 321 Å². The Hall–Kier alpha value is -5.04. The molecule has 12 heteroatoms. The van der Waals surface area contributed by atoms with Gasteiger partial charge in [0, 0.05) is 61.8 Å². The second-order valence-corrected chi connectivity index (χ2v) is 15.1. The Morgan fingerprint density at radius 1 is 0.945 bits per heavy atom. The van der Waals surface area contributed by atoms with Crippen molar-refractivity contribution in [2.45, 2.75) is 56.7 Å². The van der Waals surface area contributed by atoms with Crippen molar-refractivity contribution in [2.75, 3.05) is 58.9 Å². The van der Waals surface area contributed by atoms with Crippen LogP contribution in [0.4, 0.5) is 0 Å². The van der Waals surface area contributed by atoms with Gasteiger partial charge in [0.15, 0.2) is 0 Å². The fraction of sp³-hybridized carbons (Fsp3) is 0.442. The molecule has 0 aliphatic carbocycles. The SMILES string of the molecule is CCN(CCCNCC(O)c1ccc(O)c2[nH]c(=O)ccc12)C(=O)c1ccc(C(=O)N2CCC(C(=O)O[C@H]3CN4CCC3CC4)(c3ccccc3)CC2)cc1. The number of hydrogen-bond acceptors (Lipinski definition) is 9. The number of esters is 1. The molecule has 1 unspecified atom stereocenters. The lowest BCUT2D eigenvalue weighted by Crippen LogP contribution is -2.55. The third-order valence-corrected chi connectivity index (χ3v) is 11.9. The summed E-state index contributed by atoms with van der Waals surface area (Å²) in [5.41, 5.74) is 1.66. The number of aliphatic hydroxyl groups excluding tert-OH is 1. The summed E-state index contributed by atoms with van der Waals surface area (Å²) >= 11 is 0. The fourth-order valence-corrected chi connectivity index (χ4v) is 8.57. The first-order valence-electron chi connectivity index (χ1n) is 19.6. The number of rotatable bonds is 13. The van der Waals surface area contributed by atoms with Gasteiger partial charge in [-0.3, -0.25) is 24.1 Å². The molecule has 55 heavy (non-hydrogen) atoms. The fourth-order valence-electron chi connectivity index (χ4n) is 8.57. The highest BCUT2D eigenvalue weighted by molar-refractivity contribution is 5.98. The number of fused-ring (bicyclic) bond motifs is 4. The van der Waals surface area contributed by atoms with E-state index in [0.29, 0.717) is 80.0 Å². The number of amides is 2. The van der Waals surface area contributed by atoms with Crippen LogP contribution in [-0.4, -0.2) is 113 Å². The lowest BCUT2D eigenvalue weighted by Gasteiger charge is -2.46. The zero-order valence-corrected chi connectivity index (χ0v) is 31.4. The average molecular weight is 750 g/mol. The van der Waals surface area contributed by atoms with E-state index in [9.17, 15) is 29.4 Å². The van der Waals surface area contributed by atoms with E-state index >= 15 is 0 Å². The third-order valence-electron chi connectivity index (χ3n) is 11.9. The number of aromatic nitrogens is 1. The van der Waals surface area contributed by atoms with Crippen molar-refractivity contribution in [1.29, 1.82) is 0 Å². The van der Waals surface area contributed by atoms with E-state index in [1.807, 2.05) is 37.3 Å². The molecule has 12 nitrogen and oxygen atoms in total. The summed E-state index contributed by atoms with van der Waals surface area (Å²) in [6, 6.07) is 22.7. The van der Waals surface area contributed by atoms with Gasteiger partial charge < -0.3 is 35.1 Å². The van der Waals surface area contributed by atoms with Crippen LogP contribution in [0.3, 0.4) is 0 Å². The van der Waals surface area contributed by atoms with Crippen molar-refractivity contribution in [3.05, 3.63) is 111 Å². The summed E-state index contributed by atoms with van der Waals surface area (Å²) in [4.78, 5) is 61.4. The van der Waals surface area contributed by atoms with E-state index in [0.717, 1.165) is 38.0 Å². The third kappa shape index (κ3) is 8.17. The highest BCUT2D eigenvalue weighted by Gasteiger charge is 2.47. The van der Waals surface area contributed by atoms with Gasteiger partial charge in [0.2, 0.25) is 5.56 Å². The van der Waals surface area contributed by atoms with Crippen LogP contribution in [0.5, 0.6) is 5.75 Å². The lowest BCUT2D eigenvalue weighted by molar-refractivity contribution is -0.167. The van der Waals surface area contributed by atoms with Gasteiger partial charge in [-0.25, -0.2) is 0 Å². The van der Waals surface area contributed by atoms with Gasteiger partial charge in [-0.15, -0.1) is 0 Å². The van der Waals surface area contributed by atoms with Crippen molar-refractivity contribution in [1.82, 2.24) is 25.0 Å². The number of nitrogens with zero attached hydrogens (tertiary/aromatic N) is 3. The molecule has 4 N–H and O–H groups in total. The second-order valence-electron chi connectivity index (χ2n) is 15.1. The van der Waals surface area contributed by atoms with Crippen LogP contribution >= 0.6 is 0 Å². The topological polar surface area (TPSA) is 156 Å². The maximum absolute atomic E-state index is 14.0. The average Bonchev–Trinajstić information content (AvgIpc) is 3.22. The number of piperidine rings is 4. The first-order valence-corrected chi connectivity index (χ1v) is 19.6. The van der Waals surface area contributed by atoms with Gasteiger partial charge in [-0.05, 0) is 112 Å². The molecule has 5 heterocycles. The van der Waals surface area contributed by atoms with E-state index in [1.54, 1.807) is 46.2 Å². The Kier molecular flexibility index (Phi) is 11.7. The Morgan fingerprint density at radius 3 is 2.33 bits per heavy atom. The van der Waals surface area contributed by atoms with Crippen molar-refractivity contribution in [3.63, 3.8) is 0 Å². The minimum absolute atomic E-state index is 0.0612. The zero-order chi connectivity index (χ0) is 38.5. The summed E-state index contributed by atoms with van der Waals surface area (Å²) in [5, 5.41) is 24.8. The number of carbonyl (C=O) groups is 3. The highest BCUT2D eigenvalue weighted by Crippen LogP contribution is 2.39. The van der Waals surface area contributed by atoms with E-state index in [-0.39, 0.29) is 47.3 Å². The molecule has 2 atom stereocenters. The quantitative estimate of drug-likeness (QED) is 0.116. The number of aromatic amines is 1. The number of aliphatic hydroxyl groups is 1. The predicted molar refractivity (Wildman–Crippen MR) is 209 cm³/mol. The van der Waals surface area contributed by atoms with Gasteiger partial charge in [-0.1, -0.05) is 36.4 Å². The normalized spacial score (nSPS) is 20.9. The van der Waals surface area contributed by atoms with Crippen molar-refractivity contribution in [3.8, 4) is 5.75 Å². The molecule has 4 saturated heterocycles. The van der Waals surface area contributed by atoms with Crippen LogP contribution in [0.1, 0.15) is 77.0 Å². The molecule has 0 saturated carbocycles. The van der Waals surface area contributed by atoms with E-state index in [2.05, 4.69) is 15.2 Å². The number of aromatic hydroxyl groups is 1. The standard InChI is InChI=1S/C43H51N5O7/c1-2-47(22-6-21-44-27-36(50)33-13-15-35(49)39-34(33)14-16-38(51)45-39)40(52)30-9-11-31(12-10-30)41(53)48-25-19-43(20-26-48,32-7-4-3-5-8-32)42(54)55-37-28-46-23-17-29(37)18-24-46/h3-5,7-16,29,36-37,44,49-50H,2,6,17-28H2,1H3,(H,45,51)/t36?,37-/m0/s1. The first-order chi connectivity index (χ1) is 26.7. The molecule has 2 bridgehead atoms. The number of hydrogen-bond donors (Lipinski definition) is 4. The van der Waals surface area contributed by atoms with Gasteiger partial charge >= 0.3 is 5.97 Å². The summed E-state index contributed by atoms with van der Waals surface area (Å²) in [6.45, 7) is 7.54. The smallest absolute Gasteiger partial charge is 0.317 e. The van der Waals surface area contributed by atoms with Crippen molar-refractivity contribution < 1.29 is 29.3 Å². The van der Waals surface area contributed by atoms with E-state index in [1.165, 1.54) is 12.1 Å². The number of ether oxygens (including phenoxy) is 1. The maximum Gasteiger partial charge on any atom is 0.317 e. The van der Waals surface area contributed by atoms with Gasteiger partial charge in [0.25, 0.3) is 11.8 Å². The van der Waals surface area contributed by atoms with Crippen LogP contribution in [0.15, 0.2) is 83.7 Å². The van der Waals surface area contributed by atoms with Crippen LogP contribution in [0, 0.1) is 5.92 Å². The molecule has 4 fully saturated rings. The number of nitrogens with one attached hydrogen (secondary N) is 2. The molecular formula is C43H51N5O7. The molecule has 4 aliphatic heterocycles. The number of carbonyl (C=O) groups excluding carboxylic acids is 3. The van der Waals surface area contributed by atoms with Crippen LogP contribution in [0.25, 0.3) is 10.9 Å². The molecule has 8 rings (SSSR count). The molecule has 290 valence electrons. The van der Waals surface area contributed by atoms with Gasteiger partial charge in [0.1, 0.15) is 11.9 Å². The molecule has 3 aromatic carbocycles. The number of likely N-dealkylation sites (tertiary alicyclic amines) is 1. The Morgan fingerprint density at radius 2 is 1.65 bits per heavy atom. The maximum atomic E-state index is 14.0. The first kappa shape index (κ1) is 38.2. The van der Waals surface area contributed by atoms with E-state index in [4.69, 9.17) is 4.74 Å². The molecule has 2 amide bonds. The Balaban J connectivity index is 0.906. The second kappa shape index (κ2) is 16.8. The zero-order valence-electron chi connectivity index (χ0n) is 31.4. The Bertz CT molecular complexity index is 2040. The number of benzene rings is 3. The van der Waals surface area contributed by atoms with Crippen LogP contribution in [0.2, 0.25) is 0 Å². The largest absolute Gasteiger partial charge is 0.506 e. The van der Waals surface area contributed by atoms with Gasteiger partial charge in [0.05, 0.1) is 17.0 Å². The lowest BCUT2D eigenvalue weighted by atomic mass is 9.72. The number of H-pyrrole nitrogens is 1. The molecule has 0 spiro atoms. The summed E-state index contributed by atoms with van der Waals surface area (Å²) < 4.78 is 6.30. The number of pyridine rings is 1. The van der Waals surface area contributed by atoms with Crippen molar-refractivity contribution in [2.24, 2.45) is 5.92 Å². The summed E-state index contributed by atoms with van der Waals surface area (Å²) in [5.74, 6) is -0.0719. The predicted octanol–water partition coefficient (Wildman–Crippen LogP) is 4.22. The summed E-state index contributed by atoms with van der Waals surface area (Å²) in [6.07, 6.45) is 2.80. The number of phenols is 1. The minimum atomic E-state index is -0.869. The van der Waals surface area contributed by atoms with Gasteiger partial charge in [-0.2, -0.15) is 0 Å². The molecule has 4 aliphatic rings. The molecule has 1 aromatic heterocycles. The minimum Gasteiger partial charge on any atom is -0.506 e. The number of phenolic OH excluding ortho intramolecular Hbond substituents is 1. The highest BCUT2D eigenvalue weighted by atomic mass is 16.5. The van der Waals surface area contributed by atoms with E-state index < -0.39 is 11.5 Å². The van der Waals surface area contributed by atoms with Crippen LogP contribution in [-0.2, 0) is 14.9 Å².